The van der Waals surface area contributed by atoms with Crippen LogP contribution in [0.5, 0.6) is 5.75 Å². The van der Waals surface area contributed by atoms with Gasteiger partial charge in [0.1, 0.15) is 5.75 Å². The molecule has 31 heavy (non-hydrogen) atoms. The van der Waals surface area contributed by atoms with Crippen molar-refractivity contribution in [3.63, 3.8) is 0 Å². The van der Waals surface area contributed by atoms with E-state index in [9.17, 15) is 4.79 Å². The summed E-state index contributed by atoms with van der Waals surface area (Å²) < 4.78 is 5.23. The molecule has 1 N–H and O–H groups in total. The molecular weight excluding hydrogens is 390 g/mol. The van der Waals surface area contributed by atoms with Crippen LogP contribution in [0.1, 0.15) is 54.4 Å². The largest absolute Gasteiger partial charge is 0.497 e. The molecule has 1 aromatic carbocycles. The number of carbonyl (C=O) groups is 1. The maximum absolute atomic E-state index is 12.7. The number of nitrogens with one attached hydrogen (secondary N) is 1. The minimum absolute atomic E-state index is 0.0137. The number of ether oxygens (including phenoxy) is 1. The third kappa shape index (κ3) is 5.27. The molecule has 2 saturated heterocycles. The highest BCUT2D eigenvalue weighted by molar-refractivity contribution is 5.96. The summed E-state index contributed by atoms with van der Waals surface area (Å²) in [6.07, 6.45) is 6.89. The Hall–Kier alpha value is -2.83. The van der Waals surface area contributed by atoms with Gasteiger partial charge in [0.2, 0.25) is 0 Å². The molecule has 0 spiro atoms. The van der Waals surface area contributed by atoms with Gasteiger partial charge in [0.05, 0.1) is 7.11 Å². The standard InChI is InChI=1S/C24H33N5O2/c1-18-17-20(31-2)7-8-21(18)24(30)25-19-11-15-29(16-12-19)23-10-9-22(26-27-23)28-13-5-3-4-6-14-28/h7-10,17,19H,3-6,11-16H2,1-2H3,(H,25,30). The second kappa shape index (κ2) is 9.98. The van der Waals surface area contributed by atoms with E-state index in [1.807, 2.05) is 25.1 Å². The van der Waals surface area contributed by atoms with Crippen LogP contribution in [0.3, 0.4) is 0 Å². The molecule has 166 valence electrons. The van der Waals surface area contributed by atoms with Crippen molar-refractivity contribution in [1.29, 1.82) is 0 Å². The molecule has 2 aromatic rings. The second-order valence-electron chi connectivity index (χ2n) is 8.57. The van der Waals surface area contributed by atoms with E-state index in [4.69, 9.17) is 4.74 Å². The molecule has 2 aliphatic rings. The number of nitrogens with zero attached hydrogens (tertiary/aromatic N) is 4. The number of aryl methyl sites for hydroxylation is 1. The summed E-state index contributed by atoms with van der Waals surface area (Å²) in [6.45, 7) is 5.82. The van der Waals surface area contributed by atoms with Gasteiger partial charge in [-0.05, 0) is 68.5 Å². The minimum atomic E-state index is -0.0137. The SMILES string of the molecule is COc1ccc(C(=O)NC2CCN(c3ccc(N4CCCCCC4)nn3)CC2)c(C)c1. The monoisotopic (exact) mass is 423 g/mol. The van der Waals surface area contributed by atoms with Gasteiger partial charge in [-0.15, -0.1) is 10.2 Å². The molecule has 0 radical (unpaired) electrons. The molecule has 2 aliphatic heterocycles. The molecular formula is C24H33N5O2. The van der Waals surface area contributed by atoms with Crippen LogP contribution in [0, 0.1) is 6.92 Å². The lowest BCUT2D eigenvalue weighted by Crippen LogP contribution is -2.45. The maximum Gasteiger partial charge on any atom is 0.251 e. The zero-order valence-corrected chi connectivity index (χ0v) is 18.6. The Bertz CT molecular complexity index is 870. The highest BCUT2D eigenvalue weighted by atomic mass is 16.5. The predicted molar refractivity (Wildman–Crippen MR) is 123 cm³/mol. The van der Waals surface area contributed by atoms with Gasteiger partial charge < -0.3 is 19.9 Å². The van der Waals surface area contributed by atoms with Crippen molar-refractivity contribution in [3.05, 3.63) is 41.5 Å². The molecule has 0 bridgehead atoms. The van der Waals surface area contributed by atoms with E-state index in [1.54, 1.807) is 7.11 Å². The third-order valence-electron chi connectivity index (χ3n) is 6.40. The molecule has 0 atom stereocenters. The van der Waals surface area contributed by atoms with Crippen LogP contribution in [-0.4, -0.2) is 55.4 Å². The fourth-order valence-corrected chi connectivity index (χ4v) is 4.49. The van der Waals surface area contributed by atoms with Crippen LogP contribution in [0.4, 0.5) is 11.6 Å². The first kappa shape index (κ1) is 21.4. The topological polar surface area (TPSA) is 70.6 Å². The van der Waals surface area contributed by atoms with Gasteiger partial charge in [0.25, 0.3) is 5.91 Å². The van der Waals surface area contributed by atoms with E-state index in [0.717, 1.165) is 62.0 Å². The first-order valence-electron chi connectivity index (χ1n) is 11.4. The highest BCUT2D eigenvalue weighted by Crippen LogP contribution is 2.22. The van der Waals surface area contributed by atoms with Crippen LogP contribution in [0.25, 0.3) is 0 Å². The molecule has 3 heterocycles. The number of benzene rings is 1. The van der Waals surface area contributed by atoms with Crippen LogP contribution < -0.4 is 19.9 Å². The molecule has 4 rings (SSSR count). The fourth-order valence-electron chi connectivity index (χ4n) is 4.49. The number of methoxy groups -OCH3 is 1. The summed E-state index contributed by atoms with van der Waals surface area (Å²) in [7, 11) is 1.63. The van der Waals surface area contributed by atoms with Crippen molar-refractivity contribution in [2.75, 3.05) is 43.1 Å². The molecule has 2 fully saturated rings. The Morgan fingerprint density at radius 1 is 0.935 bits per heavy atom. The van der Waals surface area contributed by atoms with Crippen molar-refractivity contribution in [2.45, 2.75) is 51.5 Å². The second-order valence-corrected chi connectivity index (χ2v) is 8.57. The summed E-state index contributed by atoms with van der Waals surface area (Å²) in [4.78, 5) is 17.3. The zero-order valence-electron chi connectivity index (χ0n) is 18.6. The van der Waals surface area contributed by atoms with Crippen LogP contribution in [0.15, 0.2) is 30.3 Å². The minimum Gasteiger partial charge on any atom is -0.497 e. The number of piperidine rings is 1. The Morgan fingerprint density at radius 2 is 1.55 bits per heavy atom. The van der Waals surface area contributed by atoms with Gasteiger partial charge in [-0.1, -0.05) is 12.8 Å². The van der Waals surface area contributed by atoms with E-state index < -0.39 is 0 Å². The summed E-state index contributed by atoms with van der Waals surface area (Å²) in [6, 6.07) is 9.93. The summed E-state index contributed by atoms with van der Waals surface area (Å²) in [5, 5.41) is 12.2. The number of amides is 1. The van der Waals surface area contributed by atoms with Crippen LogP contribution >= 0.6 is 0 Å². The lowest BCUT2D eigenvalue weighted by molar-refractivity contribution is 0.0930. The summed E-state index contributed by atoms with van der Waals surface area (Å²) in [5.41, 5.74) is 1.63. The smallest absolute Gasteiger partial charge is 0.251 e. The van der Waals surface area contributed by atoms with Crippen molar-refractivity contribution >= 4 is 17.5 Å². The summed E-state index contributed by atoms with van der Waals surface area (Å²) in [5.74, 6) is 2.67. The Labute approximate surface area is 184 Å². The van der Waals surface area contributed by atoms with Gasteiger partial charge >= 0.3 is 0 Å². The number of aromatic nitrogens is 2. The zero-order chi connectivity index (χ0) is 21.6. The predicted octanol–water partition coefficient (Wildman–Crippen LogP) is 3.57. The van der Waals surface area contributed by atoms with Crippen molar-refractivity contribution in [3.8, 4) is 5.75 Å². The van der Waals surface area contributed by atoms with Gasteiger partial charge in [-0.3, -0.25) is 4.79 Å². The quantitative estimate of drug-likeness (QED) is 0.793. The average Bonchev–Trinajstić information content (AvgIpc) is 3.09. The van der Waals surface area contributed by atoms with Crippen molar-refractivity contribution in [2.24, 2.45) is 0 Å². The van der Waals surface area contributed by atoms with Crippen molar-refractivity contribution in [1.82, 2.24) is 15.5 Å². The van der Waals surface area contributed by atoms with Gasteiger partial charge in [0, 0.05) is 37.8 Å². The van der Waals surface area contributed by atoms with Gasteiger partial charge in [-0.2, -0.15) is 0 Å². The number of anilines is 2. The molecule has 0 saturated carbocycles. The van der Waals surface area contributed by atoms with E-state index in [2.05, 4.69) is 37.4 Å². The van der Waals surface area contributed by atoms with E-state index in [0.29, 0.717) is 5.56 Å². The number of hydrogen-bond donors (Lipinski definition) is 1. The molecule has 1 amide bonds. The number of rotatable bonds is 5. The Kier molecular flexibility index (Phi) is 6.89. The van der Waals surface area contributed by atoms with E-state index >= 15 is 0 Å². The molecule has 1 aromatic heterocycles. The van der Waals surface area contributed by atoms with Crippen LogP contribution in [0.2, 0.25) is 0 Å². The lowest BCUT2D eigenvalue weighted by atomic mass is 10.0. The first-order chi connectivity index (χ1) is 15.1. The van der Waals surface area contributed by atoms with Crippen LogP contribution in [-0.2, 0) is 0 Å². The van der Waals surface area contributed by atoms with E-state index in [1.165, 1.54) is 25.7 Å². The van der Waals surface area contributed by atoms with Gasteiger partial charge in [0.15, 0.2) is 11.6 Å². The normalized spacial score (nSPS) is 17.9. The number of hydrogen-bond acceptors (Lipinski definition) is 6. The van der Waals surface area contributed by atoms with Crippen molar-refractivity contribution < 1.29 is 9.53 Å². The third-order valence-corrected chi connectivity index (χ3v) is 6.40. The molecule has 7 heteroatoms. The summed E-state index contributed by atoms with van der Waals surface area (Å²) >= 11 is 0. The van der Waals surface area contributed by atoms with E-state index in [-0.39, 0.29) is 11.9 Å². The maximum atomic E-state index is 12.7. The molecule has 7 nitrogen and oxygen atoms in total. The molecule has 0 unspecified atom stereocenters. The highest BCUT2D eigenvalue weighted by Gasteiger charge is 2.23. The molecule has 0 aliphatic carbocycles. The fraction of sp³-hybridized carbons (Fsp3) is 0.542. The first-order valence-corrected chi connectivity index (χ1v) is 11.4. The van der Waals surface area contributed by atoms with Gasteiger partial charge in [-0.25, -0.2) is 0 Å². The average molecular weight is 424 g/mol. The Morgan fingerprint density at radius 3 is 2.10 bits per heavy atom. The lowest BCUT2D eigenvalue weighted by Gasteiger charge is -2.33. The number of carbonyl (C=O) groups excluding carboxylic acids is 1. The Balaban J connectivity index is 1.30.